The largest absolute Gasteiger partial charge is 0.352 e. The van der Waals surface area contributed by atoms with Crippen LogP contribution in [0.15, 0.2) is 12.2 Å². The summed E-state index contributed by atoms with van der Waals surface area (Å²) < 4.78 is 0. The number of nitrogens with zero attached hydrogens (tertiary/aromatic N) is 1. The molecule has 46 heavy (non-hydrogen) atoms. The maximum atomic E-state index is 14.9. The van der Waals surface area contributed by atoms with E-state index < -0.39 is 0 Å². The van der Waals surface area contributed by atoms with Crippen LogP contribution in [-0.4, -0.2) is 35.8 Å². The van der Waals surface area contributed by atoms with Crippen molar-refractivity contribution in [3.8, 4) is 0 Å². The van der Waals surface area contributed by atoms with Gasteiger partial charge in [0.2, 0.25) is 11.8 Å². The van der Waals surface area contributed by atoms with Crippen LogP contribution in [-0.2, 0) is 9.59 Å². The van der Waals surface area contributed by atoms with Crippen molar-refractivity contribution in [1.82, 2.24) is 10.2 Å². The van der Waals surface area contributed by atoms with E-state index in [9.17, 15) is 9.59 Å². The summed E-state index contributed by atoms with van der Waals surface area (Å²) in [5, 5.41) is 3.67. The summed E-state index contributed by atoms with van der Waals surface area (Å²) in [6.45, 7) is 26.4. The van der Waals surface area contributed by atoms with Crippen molar-refractivity contribution in [3.63, 3.8) is 0 Å². The summed E-state index contributed by atoms with van der Waals surface area (Å²) in [7, 11) is 0. The number of rotatable bonds is 4. The van der Waals surface area contributed by atoms with Gasteiger partial charge in [0.25, 0.3) is 0 Å². The Balaban J connectivity index is 1.15. The van der Waals surface area contributed by atoms with Gasteiger partial charge in [-0.3, -0.25) is 9.59 Å². The first-order valence-electron chi connectivity index (χ1n) is 19.8. The van der Waals surface area contributed by atoms with Crippen LogP contribution in [0.25, 0.3) is 0 Å². The molecule has 258 valence electrons. The molecule has 4 heteroatoms. The minimum Gasteiger partial charge on any atom is -0.352 e. The van der Waals surface area contributed by atoms with Gasteiger partial charge in [0.15, 0.2) is 0 Å². The molecule has 0 spiro atoms. The predicted molar refractivity (Wildman–Crippen MR) is 188 cm³/mol. The van der Waals surface area contributed by atoms with Gasteiger partial charge >= 0.3 is 0 Å². The third kappa shape index (κ3) is 4.41. The first kappa shape index (κ1) is 33.2. The van der Waals surface area contributed by atoms with Gasteiger partial charge in [-0.25, -0.2) is 0 Å². The zero-order valence-electron chi connectivity index (χ0n) is 31.0. The number of likely N-dealkylation sites (tertiary alicyclic amines) is 1. The normalized spacial score (nSPS) is 49.0. The third-order valence-corrected chi connectivity index (χ3v) is 17.8. The van der Waals surface area contributed by atoms with Crippen molar-refractivity contribution in [2.45, 2.75) is 158 Å². The van der Waals surface area contributed by atoms with Crippen molar-refractivity contribution < 1.29 is 9.59 Å². The van der Waals surface area contributed by atoms with Crippen LogP contribution in [0.5, 0.6) is 0 Å². The summed E-state index contributed by atoms with van der Waals surface area (Å²) in [4.78, 5) is 30.5. The maximum Gasteiger partial charge on any atom is 0.226 e. The average Bonchev–Trinajstić information content (AvgIpc) is 3.40. The number of hydrogen-bond acceptors (Lipinski definition) is 2. The van der Waals surface area contributed by atoms with Gasteiger partial charge in [-0.15, -0.1) is 0 Å². The Morgan fingerprint density at radius 2 is 1.46 bits per heavy atom. The monoisotopic (exact) mass is 633 g/mol. The number of allylic oxidation sites excluding steroid dienone is 1. The van der Waals surface area contributed by atoms with Gasteiger partial charge in [0.05, 0.1) is 5.41 Å². The summed E-state index contributed by atoms with van der Waals surface area (Å²) in [5.74, 6) is 3.73. The number of amides is 2. The molecule has 6 aliphatic carbocycles. The molecule has 7 fully saturated rings. The fraction of sp³-hybridized carbons (Fsp3) is 0.905. The lowest BCUT2D eigenvalue weighted by atomic mass is 9.32. The molecular weight excluding hydrogens is 564 g/mol. The molecule has 0 unspecified atom stereocenters. The van der Waals surface area contributed by atoms with Crippen LogP contribution < -0.4 is 5.32 Å². The predicted octanol–water partition coefficient (Wildman–Crippen LogP) is 9.58. The van der Waals surface area contributed by atoms with Crippen molar-refractivity contribution in [2.75, 3.05) is 13.1 Å². The van der Waals surface area contributed by atoms with Crippen molar-refractivity contribution in [2.24, 2.45) is 68.0 Å². The Kier molecular flexibility index (Phi) is 7.82. The highest BCUT2D eigenvalue weighted by molar-refractivity contribution is 5.86. The molecule has 1 N–H and O–H groups in total. The topological polar surface area (TPSA) is 49.4 Å². The number of hydrogen-bond donors (Lipinski definition) is 1. The second-order valence-corrected chi connectivity index (χ2v) is 20.2. The molecular formula is C42H68N2O2. The van der Waals surface area contributed by atoms with Gasteiger partial charge in [-0.2, -0.15) is 0 Å². The number of fused-ring (bicyclic) bond motifs is 7. The highest BCUT2D eigenvalue weighted by Crippen LogP contribution is 2.77. The van der Waals surface area contributed by atoms with Gasteiger partial charge < -0.3 is 10.2 Å². The molecule has 11 atom stereocenters. The molecule has 1 heterocycles. The molecule has 0 aromatic rings. The zero-order chi connectivity index (χ0) is 33.1. The van der Waals surface area contributed by atoms with Crippen LogP contribution in [0.3, 0.4) is 0 Å². The SMILES string of the molecule is C=C(C)[C@@H]1CC[C@]2(C(=O)N[C@@H]3C[C@H](C(=O)N4CCCCC4)C3(C)C)CC[C@]3(C)[C@H](CC[C@@H]4[C@]5(C)CCCC(C)(C)[C@H]5CC[C@]43C)[C@@H]12. The van der Waals surface area contributed by atoms with E-state index in [-0.39, 0.29) is 28.2 Å². The lowest BCUT2D eigenvalue weighted by Gasteiger charge is -2.72. The van der Waals surface area contributed by atoms with Crippen molar-refractivity contribution >= 4 is 11.8 Å². The Hall–Kier alpha value is -1.32. The second kappa shape index (κ2) is 10.8. The molecule has 2 amide bonds. The van der Waals surface area contributed by atoms with Crippen LogP contribution in [0.4, 0.5) is 0 Å². The number of piperidine rings is 1. The smallest absolute Gasteiger partial charge is 0.226 e. The van der Waals surface area contributed by atoms with Crippen LogP contribution >= 0.6 is 0 Å². The highest BCUT2D eigenvalue weighted by atomic mass is 16.2. The van der Waals surface area contributed by atoms with Crippen LogP contribution in [0.2, 0.25) is 0 Å². The highest BCUT2D eigenvalue weighted by Gasteiger charge is 2.71. The standard InChI is InChI=1S/C42H68N2O2/c1-27(2)28-16-21-42(36(46)43-33-26-30(38(33,5)6)35(45)44-24-11-10-12-25-44)23-22-40(8)29(34(28)42)14-15-32-39(7)19-13-18-37(3,4)31(39)17-20-41(32,40)9/h28-34H,1,10-26H2,2-9H3,(H,43,46)/t28-,29+,30+,31+,32+,33+,34+,39+,40+,41+,42-/m0/s1. The molecule has 0 aromatic heterocycles. The summed E-state index contributed by atoms with van der Waals surface area (Å²) in [6, 6.07) is 0.0871. The van der Waals surface area contributed by atoms with Gasteiger partial charge in [0.1, 0.15) is 0 Å². The van der Waals surface area contributed by atoms with Gasteiger partial charge in [-0.05, 0) is 153 Å². The van der Waals surface area contributed by atoms with E-state index in [2.05, 4.69) is 72.2 Å². The fourth-order valence-corrected chi connectivity index (χ4v) is 14.9. The second-order valence-electron chi connectivity index (χ2n) is 20.2. The van der Waals surface area contributed by atoms with Crippen LogP contribution in [0, 0.1) is 68.0 Å². The molecule has 7 aliphatic rings. The molecule has 0 aromatic carbocycles. The van der Waals surface area contributed by atoms with E-state index in [0.29, 0.717) is 45.8 Å². The zero-order valence-corrected chi connectivity index (χ0v) is 31.0. The van der Waals surface area contributed by atoms with E-state index in [1.54, 1.807) is 0 Å². The van der Waals surface area contributed by atoms with Crippen molar-refractivity contribution in [1.29, 1.82) is 0 Å². The molecule has 1 saturated heterocycles. The lowest BCUT2D eigenvalue weighted by molar-refractivity contribution is -0.235. The number of carbonyl (C=O) groups is 2. The van der Waals surface area contributed by atoms with Gasteiger partial charge in [0, 0.05) is 25.0 Å². The quantitative estimate of drug-likeness (QED) is 0.314. The van der Waals surface area contributed by atoms with E-state index in [4.69, 9.17) is 0 Å². The summed E-state index contributed by atoms with van der Waals surface area (Å²) >= 11 is 0. The van der Waals surface area contributed by atoms with E-state index in [1.807, 2.05) is 0 Å². The van der Waals surface area contributed by atoms with E-state index in [1.165, 1.54) is 63.4 Å². The molecule has 6 saturated carbocycles. The van der Waals surface area contributed by atoms with Gasteiger partial charge in [-0.1, -0.05) is 67.0 Å². The Morgan fingerprint density at radius 3 is 2.13 bits per heavy atom. The summed E-state index contributed by atoms with van der Waals surface area (Å²) in [6.07, 6.45) is 18.2. The minimum atomic E-state index is -0.289. The number of carbonyl (C=O) groups excluding carboxylic acids is 2. The Morgan fingerprint density at radius 1 is 0.739 bits per heavy atom. The molecule has 0 bridgehead atoms. The molecule has 7 rings (SSSR count). The first-order chi connectivity index (χ1) is 21.5. The number of nitrogens with one attached hydrogen (secondary N) is 1. The van der Waals surface area contributed by atoms with E-state index in [0.717, 1.165) is 63.5 Å². The Bertz CT molecular complexity index is 1260. The maximum absolute atomic E-state index is 14.9. The summed E-state index contributed by atoms with van der Waals surface area (Å²) in [5.41, 5.74) is 2.31. The van der Waals surface area contributed by atoms with Crippen LogP contribution in [0.1, 0.15) is 152 Å². The Labute approximate surface area is 282 Å². The minimum absolute atomic E-state index is 0.0297. The third-order valence-electron chi connectivity index (χ3n) is 17.8. The van der Waals surface area contributed by atoms with E-state index >= 15 is 0 Å². The molecule has 4 nitrogen and oxygen atoms in total. The lowest BCUT2D eigenvalue weighted by Crippen LogP contribution is -2.68. The fourth-order valence-electron chi connectivity index (χ4n) is 14.9. The first-order valence-corrected chi connectivity index (χ1v) is 19.8. The molecule has 0 radical (unpaired) electrons. The molecule has 1 aliphatic heterocycles. The van der Waals surface area contributed by atoms with Crippen molar-refractivity contribution in [3.05, 3.63) is 12.2 Å². The average molecular weight is 633 g/mol.